The van der Waals surface area contributed by atoms with Gasteiger partial charge in [0.25, 0.3) is 5.89 Å². The average molecular weight is 455 g/mol. The molecule has 164 valence electrons. The highest BCUT2D eigenvalue weighted by Gasteiger charge is 2.30. The van der Waals surface area contributed by atoms with Crippen LogP contribution in [0.25, 0.3) is 11.4 Å². The topological polar surface area (TPSA) is 111 Å². The van der Waals surface area contributed by atoms with Crippen molar-refractivity contribution in [1.82, 2.24) is 14.9 Å². The summed E-state index contributed by atoms with van der Waals surface area (Å²) in [7, 11) is -3.88. The van der Waals surface area contributed by atoms with Gasteiger partial charge in [-0.25, -0.2) is 8.42 Å². The van der Waals surface area contributed by atoms with Crippen LogP contribution < -0.4 is 4.72 Å². The van der Waals surface area contributed by atoms with Gasteiger partial charge < -0.3 is 9.26 Å². The van der Waals surface area contributed by atoms with Crippen LogP contribution in [0.15, 0.2) is 57.9 Å². The minimum atomic E-state index is -4.46. The maximum absolute atomic E-state index is 12.6. The third-order valence-corrected chi connectivity index (χ3v) is 5.45. The van der Waals surface area contributed by atoms with E-state index >= 15 is 0 Å². The molecule has 1 heterocycles. The first kappa shape index (κ1) is 22.4. The molecular weight excluding hydrogens is 439 g/mol. The zero-order chi connectivity index (χ0) is 22.6. The van der Waals surface area contributed by atoms with Crippen LogP contribution in [-0.4, -0.2) is 31.1 Å². The van der Waals surface area contributed by atoms with Crippen LogP contribution in [0.3, 0.4) is 0 Å². The predicted molar refractivity (Wildman–Crippen MR) is 101 cm³/mol. The number of sulfonamides is 1. The molecule has 0 aliphatic carbocycles. The lowest BCUT2D eigenvalue weighted by molar-refractivity contribution is -0.144. The average Bonchev–Trinajstić information content (AvgIpc) is 3.20. The number of esters is 1. The first-order valence-corrected chi connectivity index (χ1v) is 10.2. The van der Waals surface area contributed by atoms with Gasteiger partial charge in [0, 0.05) is 5.56 Å². The van der Waals surface area contributed by atoms with Crippen molar-refractivity contribution in [1.29, 1.82) is 0 Å². The van der Waals surface area contributed by atoms with E-state index in [2.05, 4.69) is 14.9 Å². The number of nitrogens with one attached hydrogen (secondary N) is 1. The Balaban J connectivity index is 1.53. The van der Waals surface area contributed by atoms with E-state index in [1.54, 1.807) is 12.1 Å². The van der Waals surface area contributed by atoms with Crippen molar-refractivity contribution >= 4 is 16.0 Å². The van der Waals surface area contributed by atoms with Gasteiger partial charge in [-0.15, -0.1) is 0 Å². The van der Waals surface area contributed by atoms with Gasteiger partial charge >= 0.3 is 12.1 Å². The first-order valence-electron chi connectivity index (χ1n) is 8.77. The monoisotopic (exact) mass is 455 g/mol. The van der Waals surface area contributed by atoms with Gasteiger partial charge in [-0.1, -0.05) is 35.0 Å². The van der Waals surface area contributed by atoms with Crippen molar-refractivity contribution in [3.05, 3.63) is 65.5 Å². The summed E-state index contributed by atoms with van der Waals surface area (Å²) in [5, 5.41) is 3.62. The first-order chi connectivity index (χ1) is 14.5. The van der Waals surface area contributed by atoms with Crippen molar-refractivity contribution in [2.45, 2.75) is 24.6 Å². The van der Waals surface area contributed by atoms with Crippen LogP contribution >= 0.6 is 0 Å². The number of aromatic nitrogens is 2. The molecule has 3 aromatic rings. The van der Waals surface area contributed by atoms with Crippen LogP contribution in [-0.2, 0) is 32.3 Å². The summed E-state index contributed by atoms with van der Waals surface area (Å²) in [5.41, 5.74) is 0.343. The molecule has 0 saturated heterocycles. The molecule has 0 unspecified atom stereocenters. The lowest BCUT2D eigenvalue weighted by Crippen LogP contribution is -2.30. The van der Waals surface area contributed by atoms with E-state index < -0.39 is 40.9 Å². The molecule has 3 rings (SSSR count). The van der Waals surface area contributed by atoms with Gasteiger partial charge in [-0.3, -0.25) is 4.79 Å². The van der Waals surface area contributed by atoms with Crippen molar-refractivity contribution in [2.24, 2.45) is 0 Å². The summed E-state index contributed by atoms with van der Waals surface area (Å²) < 4.78 is 74.0. The van der Waals surface area contributed by atoms with Crippen LogP contribution in [0.4, 0.5) is 13.2 Å². The summed E-state index contributed by atoms with van der Waals surface area (Å²) in [6, 6.07) is 10.2. The number of carbonyl (C=O) groups excluding carboxylic acids is 1. The molecule has 0 atom stereocenters. The van der Waals surface area contributed by atoms with Crippen LogP contribution in [0.2, 0.25) is 0 Å². The second-order valence-electron chi connectivity index (χ2n) is 6.39. The third kappa shape index (κ3) is 5.89. The number of halogens is 3. The Morgan fingerprint density at radius 3 is 2.35 bits per heavy atom. The van der Waals surface area contributed by atoms with Crippen LogP contribution in [0.1, 0.15) is 17.0 Å². The lowest BCUT2D eigenvalue weighted by atomic mass is 10.1. The molecule has 1 aromatic heterocycles. The van der Waals surface area contributed by atoms with Crippen molar-refractivity contribution in [3.8, 4) is 11.4 Å². The third-order valence-electron chi connectivity index (χ3n) is 4.03. The predicted octanol–water partition coefficient (Wildman–Crippen LogP) is 3.09. The van der Waals surface area contributed by atoms with Gasteiger partial charge in [-0.2, -0.15) is 22.9 Å². The molecule has 2 aromatic carbocycles. The number of hydrogen-bond donors (Lipinski definition) is 1. The van der Waals surface area contributed by atoms with E-state index in [9.17, 15) is 26.4 Å². The van der Waals surface area contributed by atoms with E-state index in [-0.39, 0.29) is 22.2 Å². The molecule has 0 aliphatic heterocycles. The quantitative estimate of drug-likeness (QED) is 0.545. The summed E-state index contributed by atoms with van der Waals surface area (Å²) >= 11 is 0. The Kier molecular flexibility index (Phi) is 6.41. The van der Waals surface area contributed by atoms with Crippen molar-refractivity contribution < 1.29 is 35.6 Å². The number of ether oxygens (including phenoxy) is 1. The Morgan fingerprint density at radius 1 is 1.10 bits per heavy atom. The standard InChI is InChI=1S/C19H16F3N3O5S/c1-12-2-8-15(9-3-12)31(27,28)23-10-17(26)29-11-16-24-18(25-30-16)13-4-6-14(7-5-13)19(20,21)22/h2-9,23H,10-11H2,1H3. The number of nitrogens with zero attached hydrogens (tertiary/aromatic N) is 2. The van der Waals surface area contributed by atoms with Crippen LogP contribution in [0.5, 0.6) is 0 Å². The van der Waals surface area contributed by atoms with Crippen molar-refractivity contribution in [2.75, 3.05) is 6.54 Å². The SMILES string of the molecule is Cc1ccc(S(=O)(=O)NCC(=O)OCc2nc(-c3ccc(C(F)(F)F)cc3)no2)cc1. The fourth-order valence-corrected chi connectivity index (χ4v) is 3.36. The summed E-state index contributed by atoms with van der Waals surface area (Å²) in [4.78, 5) is 15.7. The molecule has 8 nitrogen and oxygen atoms in total. The fraction of sp³-hybridized carbons (Fsp3) is 0.211. The van der Waals surface area contributed by atoms with E-state index in [4.69, 9.17) is 9.26 Å². The van der Waals surface area contributed by atoms with E-state index in [0.29, 0.717) is 0 Å². The van der Waals surface area contributed by atoms with Crippen LogP contribution in [0, 0.1) is 6.92 Å². The van der Waals surface area contributed by atoms with Gasteiger partial charge in [-0.05, 0) is 31.2 Å². The Labute approximate surface area is 175 Å². The molecule has 12 heteroatoms. The van der Waals surface area contributed by atoms with E-state index in [1.165, 1.54) is 24.3 Å². The maximum Gasteiger partial charge on any atom is 0.416 e. The number of alkyl halides is 3. The number of aryl methyl sites for hydroxylation is 1. The maximum atomic E-state index is 12.6. The smallest absolute Gasteiger partial charge is 0.416 e. The highest BCUT2D eigenvalue weighted by Crippen LogP contribution is 2.30. The summed E-state index contributed by atoms with van der Waals surface area (Å²) in [6.45, 7) is 0.760. The molecule has 1 N–H and O–H groups in total. The molecule has 0 aliphatic rings. The largest absolute Gasteiger partial charge is 0.455 e. The molecule has 31 heavy (non-hydrogen) atoms. The van der Waals surface area contributed by atoms with E-state index in [0.717, 1.165) is 17.7 Å². The number of hydrogen-bond acceptors (Lipinski definition) is 7. The molecule has 0 radical (unpaired) electrons. The highest BCUT2D eigenvalue weighted by molar-refractivity contribution is 7.89. The zero-order valence-corrected chi connectivity index (χ0v) is 16.8. The van der Waals surface area contributed by atoms with Gasteiger partial charge in [0.2, 0.25) is 15.8 Å². The summed E-state index contributed by atoms with van der Waals surface area (Å²) in [5.74, 6) is -0.977. The van der Waals surface area contributed by atoms with E-state index in [1.807, 2.05) is 6.92 Å². The molecular formula is C19H16F3N3O5S. The second-order valence-corrected chi connectivity index (χ2v) is 8.15. The Hall–Kier alpha value is -3.25. The lowest BCUT2D eigenvalue weighted by Gasteiger charge is -2.06. The Morgan fingerprint density at radius 2 is 1.74 bits per heavy atom. The van der Waals surface area contributed by atoms with Gasteiger partial charge in [0.1, 0.15) is 6.54 Å². The van der Waals surface area contributed by atoms with Gasteiger partial charge in [0.05, 0.1) is 10.5 Å². The van der Waals surface area contributed by atoms with Gasteiger partial charge in [0.15, 0.2) is 6.61 Å². The molecule has 0 saturated carbocycles. The van der Waals surface area contributed by atoms with Crippen molar-refractivity contribution in [3.63, 3.8) is 0 Å². The normalized spacial score (nSPS) is 12.0. The second kappa shape index (κ2) is 8.86. The summed E-state index contributed by atoms with van der Waals surface area (Å²) in [6.07, 6.45) is -4.46. The molecule has 0 amide bonds. The Bertz CT molecular complexity index is 1160. The number of rotatable bonds is 7. The zero-order valence-electron chi connectivity index (χ0n) is 16.0. The highest BCUT2D eigenvalue weighted by atomic mass is 32.2. The number of carbonyl (C=O) groups is 1. The minimum Gasteiger partial charge on any atom is -0.455 e. The molecule has 0 spiro atoms. The molecule has 0 fully saturated rings. The number of benzene rings is 2. The molecule has 0 bridgehead atoms. The fourth-order valence-electron chi connectivity index (χ4n) is 2.39. The minimum absolute atomic E-state index is 0.00369.